The summed E-state index contributed by atoms with van der Waals surface area (Å²) in [6, 6.07) is 7.51. The molecule has 1 aromatic carbocycles. The first-order valence-corrected chi connectivity index (χ1v) is 7.41. The van der Waals surface area contributed by atoms with Crippen molar-refractivity contribution in [2.45, 2.75) is 26.7 Å². The number of carbonyl (C=O) groups is 1. The summed E-state index contributed by atoms with van der Waals surface area (Å²) in [5.41, 5.74) is 1.80. The van der Waals surface area contributed by atoms with E-state index in [4.69, 9.17) is 11.6 Å². The molecule has 2 N–H and O–H groups in total. The largest absolute Gasteiger partial charge is 0.355 e. The van der Waals surface area contributed by atoms with Crippen LogP contribution in [0.4, 0.5) is 0 Å². The molecule has 2 aromatic rings. The van der Waals surface area contributed by atoms with Crippen molar-refractivity contribution in [1.29, 1.82) is 0 Å². The second-order valence-corrected chi connectivity index (χ2v) is 5.56. The van der Waals surface area contributed by atoms with E-state index in [0.29, 0.717) is 35.1 Å². The van der Waals surface area contributed by atoms with E-state index in [1.807, 2.05) is 24.3 Å². The molecule has 0 saturated heterocycles. The first kappa shape index (κ1) is 16.2. The third-order valence-electron chi connectivity index (χ3n) is 3.30. The Morgan fingerprint density at radius 1 is 1.36 bits per heavy atom. The molecule has 0 unspecified atom stereocenters. The third kappa shape index (κ3) is 4.43. The van der Waals surface area contributed by atoms with Crippen molar-refractivity contribution in [3.63, 3.8) is 0 Å². The number of H-pyrrole nitrogens is 1. The summed E-state index contributed by atoms with van der Waals surface area (Å²) in [5.74, 6) is 0.355. The van der Waals surface area contributed by atoms with Gasteiger partial charge in [0.25, 0.3) is 5.56 Å². The topological polar surface area (TPSA) is 74.8 Å². The maximum atomic E-state index is 11.9. The van der Waals surface area contributed by atoms with E-state index in [9.17, 15) is 9.59 Å². The number of halogens is 1. The Hall–Kier alpha value is -2.14. The van der Waals surface area contributed by atoms with Gasteiger partial charge in [-0.3, -0.25) is 9.59 Å². The molecule has 0 fully saturated rings. The lowest BCUT2D eigenvalue weighted by molar-refractivity contribution is -0.120. The molecule has 0 aliphatic heterocycles. The summed E-state index contributed by atoms with van der Waals surface area (Å²) >= 11 is 5.91. The summed E-state index contributed by atoms with van der Waals surface area (Å²) in [5, 5.41) is 3.48. The van der Waals surface area contributed by atoms with Crippen LogP contribution in [0.5, 0.6) is 0 Å². The molecule has 1 heterocycles. The zero-order chi connectivity index (χ0) is 16.1. The second kappa shape index (κ2) is 7.22. The van der Waals surface area contributed by atoms with Gasteiger partial charge in [0.2, 0.25) is 5.91 Å². The van der Waals surface area contributed by atoms with E-state index in [0.717, 1.165) is 5.56 Å². The Kier molecular flexibility index (Phi) is 5.33. The van der Waals surface area contributed by atoms with E-state index in [2.05, 4.69) is 15.3 Å². The van der Waals surface area contributed by atoms with Crippen LogP contribution in [-0.2, 0) is 17.6 Å². The summed E-state index contributed by atoms with van der Waals surface area (Å²) < 4.78 is 0. The summed E-state index contributed by atoms with van der Waals surface area (Å²) in [4.78, 5) is 30.6. The van der Waals surface area contributed by atoms with Crippen molar-refractivity contribution in [3.8, 4) is 0 Å². The number of aromatic amines is 1. The molecule has 0 atom stereocenters. The zero-order valence-corrected chi connectivity index (χ0v) is 13.3. The fraction of sp³-hybridized carbons (Fsp3) is 0.312. The van der Waals surface area contributed by atoms with Gasteiger partial charge in [0.15, 0.2) is 0 Å². The number of hydrogen-bond acceptors (Lipinski definition) is 3. The SMILES string of the molecule is Cc1nc(C)c(CC(=O)NCCc2cccc(Cl)c2)c(=O)[nH]1. The molecule has 22 heavy (non-hydrogen) atoms. The second-order valence-electron chi connectivity index (χ2n) is 5.12. The standard InChI is InChI=1S/C16H18ClN3O2/c1-10-14(16(22)20-11(2)19-10)9-15(21)18-7-6-12-4-3-5-13(17)8-12/h3-5,8H,6-7,9H2,1-2H3,(H,18,21)(H,19,20,22). The minimum atomic E-state index is -0.255. The Bertz CT molecular complexity index is 740. The van der Waals surface area contributed by atoms with Gasteiger partial charge >= 0.3 is 0 Å². The van der Waals surface area contributed by atoms with Crippen molar-refractivity contribution in [2.75, 3.05) is 6.54 Å². The van der Waals surface area contributed by atoms with Gasteiger partial charge in [-0.25, -0.2) is 4.98 Å². The van der Waals surface area contributed by atoms with Crippen LogP contribution < -0.4 is 10.9 Å². The number of benzene rings is 1. The molecule has 1 amide bonds. The number of amides is 1. The number of carbonyl (C=O) groups excluding carboxylic acids is 1. The van der Waals surface area contributed by atoms with Gasteiger partial charge in [-0.15, -0.1) is 0 Å². The lowest BCUT2D eigenvalue weighted by atomic mass is 10.1. The van der Waals surface area contributed by atoms with E-state index < -0.39 is 0 Å². The molecule has 6 heteroatoms. The lowest BCUT2D eigenvalue weighted by Crippen LogP contribution is -2.30. The van der Waals surface area contributed by atoms with Crippen LogP contribution in [-0.4, -0.2) is 22.4 Å². The maximum absolute atomic E-state index is 11.9. The number of nitrogens with one attached hydrogen (secondary N) is 2. The molecule has 0 aliphatic rings. The predicted molar refractivity (Wildman–Crippen MR) is 86.2 cm³/mol. The van der Waals surface area contributed by atoms with Gasteiger partial charge < -0.3 is 10.3 Å². The van der Waals surface area contributed by atoms with E-state index in [1.54, 1.807) is 13.8 Å². The van der Waals surface area contributed by atoms with Crippen LogP contribution in [0.1, 0.15) is 22.6 Å². The van der Waals surface area contributed by atoms with Gasteiger partial charge in [0.05, 0.1) is 6.42 Å². The van der Waals surface area contributed by atoms with Gasteiger partial charge in [-0.2, -0.15) is 0 Å². The van der Waals surface area contributed by atoms with E-state index in [1.165, 1.54) is 0 Å². The Labute approximate surface area is 133 Å². The number of nitrogens with zero attached hydrogens (tertiary/aromatic N) is 1. The highest BCUT2D eigenvalue weighted by molar-refractivity contribution is 6.30. The first-order valence-electron chi connectivity index (χ1n) is 7.03. The maximum Gasteiger partial charge on any atom is 0.254 e. The van der Waals surface area contributed by atoms with Crippen LogP contribution in [0, 0.1) is 13.8 Å². The van der Waals surface area contributed by atoms with Crippen LogP contribution in [0.3, 0.4) is 0 Å². The summed E-state index contributed by atoms with van der Waals surface area (Å²) in [6.45, 7) is 3.94. The van der Waals surface area contributed by atoms with Crippen LogP contribution >= 0.6 is 11.6 Å². The van der Waals surface area contributed by atoms with Crippen molar-refractivity contribution in [3.05, 3.63) is 62.3 Å². The average Bonchev–Trinajstić information content (AvgIpc) is 2.43. The molecule has 116 valence electrons. The fourth-order valence-corrected chi connectivity index (χ4v) is 2.43. The van der Waals surface area contributed by atoms with Crippen molar-refractivity contribution < 1.29 is 4.79 Å². The molecule has 0 aliphatic carbocycles. The van der Waals surface area contributed by atoms with Crippen LogP contribution in [0.25, 0.3) is 0 Å². The molecule has 0 saturated carbocycles. The number of aryl methyl sites for hydroxylation is 2. The molecule has 5 nitrogen and oxygen atoms in total. The Balaban J connectivity index is 1.90. The highest BCUT2D eigenvalue weighted by atomic mass is 35.5. The van der Waals surface area contributed by atoms with Crippen LogP contribution in [0.15, 0.2) is 29.1 Å². The minimum Gasteiger partial charge on any atom is -0.355 e. The fourth-order valence-electron chi connectivity index (χ4n) is 2.22. The molecule has 0 radical (unpaired) electrons. The quantitative estimate of drug-likeness (QED) is 0.884. The summed E-state index contributed by atoms with van der Waals surface area (Å²) in [7, 11) is 0. The van der Waals surface area contributed by atoms with Gasteiger partial charge in [0, 0.05) is 22.8 Å². The summed E-state index contributed by atoms with van der Waals surface area (Å²) in [6.07, 6.45) is 0.720. The van der Waals surface area contributed by atoms with E-state index in [-0.39, 0.29) is 17.9 Å². The van der Waals surface area contributed by atoms with Crippen LogP contribution in [0.2, 0.25) is 5.02 Å². The number of hydrogen-bond donors (Lipinski definition) is 2. The smallest absolute Gasteiger partial charge is 0.254 e. The minimum absolute atomic E-state index is 0.0317. The average molecular weight is 320 g/mol. The Morgan fingerprint density at radius 3 is 2.82 bits per heavy atom. The molecular weight excluding hydrogens is 302 g/mol. The van der Waals surface area contributed by atoms with Gasteiger partial charge in [0.1, 0.15) is 5.82 Å². The lowest BCUT2D eigenvalue weighted by Gasteiger charge is -2.07. The highest BCUT2D eigenvalue weighted by Crippen LogP contribution is 2.10. The molecular formula is C16H18ClN3O2. The normalized spacial score (nSPS) is 10.5. The van der Waals surface area contributed by atoms with Gasteiger partial charge in [-0.1, -0.05) is 23.7 Å². The third-order valence-corrected chi connectivity index (χ3v) is 3.54. The van der Waals surface area contributed by atoms with Crippen molar-refractivity contribution >= 4 is 17.5 Å². The number of aromatic nitrogens is 2. The van der Waals surface area contributed by atoms with E-state index >= 15 is 0 Å². The molecule has 2 rings (SSSR count). The van der Waals surface area contributed by atoms with Crippen molar-refractivity contribution in [2.24, 2.45) is 0 Å². The molecule has 0 spiro atoms. The predicted octanol–water partition coefficient (Wildman–Crippen LogP) is 1.94. The zero-order valence-electron chi connectivity index (χ0n) is 12.6. The van der Waals surface area contributed by atoms with Crippen molar-refractivity contribution in [1.82, 2.24) is 15.3 Å². The highest BCUT2D eigenvalue weighted by Gasteiger charge is 2.11. The molecule has 1 aromatic heterocycles. The number of rotatable bonds is 5. The first-order chi connectivity index (χ1) is 10.5. The van der Waals surface area contributed by atoms with Gasteiger partial charge in [-0.05, 0) is 38.0 Å². The molecule has 0 bridgehead atoms. The Morgan fingerprint density at radius 2 is 2.14 bits per heavy atom. The monoisotopic (exact) mass is 319 g/mol.